The first-order valence-electron chi connectivity index (χ1n) is 3.62. The molecule has 2 unspecified atom stereocenters. The molecule has 4 nitrogen and oxygen atoms in total. The van der Waals surface area contributed by atoms with E-state index in [-0.39, 0.29) is 12.2 Å². The van der Waals surface area contributed by atoms with Crippen molar-refractivity contribution in [2.75, 3.05) is 13.1 Å². The number of fused-ring (bicyclic) bond motifs is 2. The number of rotatable bonds is 1. The van der Waals surface area contributed by atoms with Gasteiger partial charge in [-0.05, 0) is 12.8 Å². The summed E-state index contributed by atoms with van der Waals surface area (Å²) in [6.45, 7) is 1.39. The van der Waals surface area contributed by atoms with Crippen LogP contribution in [0.1, 0.15) is 12.8 Å². The molecular formula is C6H10N2O2. The molecule has 0 N–H and O–H groups in total. The highest BCUT2D eigenvalue weighted by atomic mass is 16.5. The van der Waals surface area contributed by atoms with E-state index in [1.54, 1.807) is 5.01 Å². The van der Waals surface area contributed by atoms with E-state index < -0.39 is 0 Å². The SMILES string of the molecule is O=NN1CC2CCC(C1)O2. The molecular weight excluding hydrogens is 132 g/mol. The third-order valence-corrected chi connectivity index (χ3v) is 2.14. The Kier molecular flexibility index (Phi) is 1.34. The lowest BCUT2D eigenvalue weighted by Gasteiger charge is -2.26. The molecule has 2 atom stereocenters. The summed E-state index contributed by atoms with van der Waals surface area (Å²) < 4.78 is 5.49. The van der Waals surface area contributed by atoms with Crippen molar-refractivity contribution < 1.29 is 4.74 Å². The van der Waals surface area contributed by atoms with Crippen LogP contribution in [0.5, 0.6) is 0 Å². The molecule has 0 spiro atoms. The summed E-state index contributed by atoms with van der Waals surface area (Å²) in [5.74, 6) is 0. The van der Waals surface area contributed by atoms with Crippen molar-refractivity contribution in [2.24, 2.45) is 5.29 Å². The Balaban J connectivity index is 2.02. The van der Waals surface area contributed by atoms with Gasteiger partial charge in [-0.25, -0.2) is 0 Å². The molecule has 56 valence electrons. The van der Waals surface area contributed by atoms with E-state index in [0.29, 0.717) is 13.1 Å². The van der Waals surface area contributed by atoms with Gasteiger partial charge in [0.15, 0.2) is 0 Å². The fraction of sp³-hybridized carbons (Fsp3) is 1.00. The fourth-order valence-electron chi connectivity index (χ4n) is 1.66. The van der Waals surface area contributed by atoms with E-state index >= 15 is 0 Å². The lowest BCUT2D eigenvalue weighted by atomic mass is 10.2. The van der Waals surface area contributed by atoms with Gasteiger partial charge in [0.2, 0.25) is 0 Å². The second kappa shape index (κ2) is 2.20. The first-order valence-corrected chi connectivity index (χ1v) is 3.62. The molecule has 0 aromatic heterocycles. The molecule has 2 bridgehead atoms. The third kappa shape index (κ3) is 0.883. The Labute approximate surface area is 59.1 Å². The minimum atomic E-state index is 0.274. The normalized spacial score (nSPS) is 38.2. The van der Waals surface area contributed by atoms with Crippen molar-refractivity contribution in [2.45, 2.75) is 25.0 Å². The summed E-state index contributed by atoms with van der Waals surface area (Å²) in [5.41, 5.74) is 0. The summed E-state index contributed by atoms with van der Waals surface area (Å²) in [6.07, 6.45) is 2.74. The Morgan fingerprint density at radius 2 is 1.90 bits per heavy atom. The van der Waals surface area contributed by atoms with Crippen LogP contribution in [0.4, 0.5) is 0 Å². The summed E-state index contributed by atoms with van der Waals surface area (Å²) in [5, 5.41) is 4.45. The Morgan fingerprint density at radius 1 is 1.30 bits per heavy atom. The van der Waals surface area contributed by atoms with Crippen LogP contribution in [0.3, 0.4) is 0 Å². The van der Waals surface area contributed by atoms with Gasteiger partial charge >= 0.3 is 0 Å². The zero-order chi connectivity index (χ0) is 6.97. The number of ether oxygens (including phenoxy) is 1. The van der Waals surface area contributed by atoms with Crippen molar-refractivity contribution >= 4 is 0 Å². The van der Waals surface area contributed by atoms with Crippen LogP contribution in [-0.2, 0) is 4.74 Å². The molecule has 0 aromatic carbocycles. The first-order chi connectivity index (χ1) is 4.88. The van der Waals surface area contributed by atoms with Crippen molar-refractivity contribution in [3.05, 3.63) is 4.91 Å². The lowest BCUT2D eigenvalue weighted by molar-refractivity contribution is -0.0381. The molecule has 2 rings (SSSR count). The lowest BCUT2D eigenvalue weighted by Crippen LogP contribution is -2.38. The molecule has 0 aliphatic carbocycles. The summed E-state index contributed by atoms with van der Waals surface area (Å²) >= 11 is 0. The van der Waals surface area contributed by atoms with Crippen LogP contribution < -0.4 is 0 Å². The Hall–Kier alpha value is -0.640. The van der Waals surface area contributed by atoms with Crippen LogP contribution in [-0.4, -0.2) is 30.3 Å². The molecule has 4 heteroatoms. The molecule has 0 saturated carbocycles. The van der Waals surface area contributed by atoms with Crippen LogP contribution in [0, 0.1) is 4.91 Å². The zero-order valence-corrected chi connectivity index (χ0v) is 5.69. The largest absolute Gasteiger partial charge is 0.371 e. The maximum absolute atomic E-state index is 10.1. The smallest absolute Gasteiger partial charge is 0.0773 e. The van der Waals surface area contributed by atoms with Gasteiger partial charge in [0.1, 0.15) is 0 Å². The predicted molar refractivity (Wildman–Crippen MR) is 35.3 cm³/mol. The Bertz CT molecular complexity index is 139. The first kappa shape index (κ1) is 6.09. The van der Waals surface area contributed by atoms with Crippen molar-refractivity contribution in [1.82, 2.24) is 5.01 Å². The summed E-state index contributed by atoms with van der Waals surface area (Å²) in [4.78, 5) is 10.1. The van der Waals surface area contributed by atoms with Crippen molar-refractivity contribution in [3.63, 3.8) is 0 Å². The minimum absolute atomic E-state index is 0.274. The van der Waals surface area contributed by atoms with E-state index in [1.807, 2.05) is 0 Å². The van der Waals surface area contributed by atoms with Gasteiger partial charge in [-0.3, -0.25) is 5.01 Å². The predicted octanol–water partition coefficient (Wildman–Crippen LogP) is 0.531. The summed E-state index contributed by atoms with van der Waals surface area (Å²) in [7, 11) is 0. The molecule has 0 amide bonds. The maximum atomic E-state index is 10.1. The molecule has 0 radical (unpaired) electrons. The Morgan fingerprint density at radius 3 is 2.40 bits per heavy atom. The van der Waals surface area contributed by atoms with E-state index in [1.165, 1.54) is 0 Å². The third-order valence-electron chi connectivity index (χ3n) is 2.14. The van der Waals surface area contributed by atoms with Gasteiger partial charge in [-0.1, -0.05) is 0 Å². The van der Waals surface area contributed by atoms with E-state index in [0.717, 1.165) is 12.8 Å². The van der Waals surface area contributed by atoms with Crippen molar-refractivity contribution in [3.8, 4) is 0 Å². The highest BCUT2D eigenvalue weighted by Crippen LogP contribution is 2.25. The molecule has 2 aliphatic heterocycles. The molecule has 2 heterocycles. The van der Waals surface area contributed by atoms with Crippen LogP contribution in [0.25, 0.3) is 0 Å². The number of hydrogen-bond donors (Lipinski definition) is 0. The average molecular weight is 142 g/mol. The topological polar surface area (TPSA) is 41.9 Å². The maximum Gasteiger partial charge on any atom is 0.0773 e. The van der Waals surface area contributed by atoms with Gasteiger partial charge in [0.25, 0.3) is 0 Å². The molecule has 10 heavy (non-hydrogen) atoms. The van der Waals surface area contributed by atoms with E-state index in [9.17, 15) is 4.91 Å². The van der Waals surface area contributed by atoms with Crippen LogP contribution >= 0.6 is 0 Å². The van der Waals surface area contributed by atoms with E-state index in [4.69, 9.17) is 4.74 Å². The molecule has 0 aromatic rings. The van der Waals surface area contributed by atoms with E-state index in [2.05, 4.69) is 5.29 Å². The second-order valence-electron chi connectivity index (χ2n) is 2.91. The quantitative estimate of drug-likeness (QED) is 0.501. The number of nitroso groups, excluding NO2 is 1. The van der Waals surface area contributed by atoms with Gasteiger partial charge in [-0.2, -0.15) is 0 Å². The minimum Gasteiger partial charge on any atom is -0.371 e. The monoisotopic (exact) mass is 142 g/mol. The second-order valence-corrected chi connectivity index (χ2v) is 2.91. The number of hydrogen-bond acceptors (Lipinski definition) is 3. The van der Waals surface area contributed by atoms with Gasteiger partial charge in [-0.15, -0.1) is 4.91 Å². The van der Waals surface area contributed by atoms with Crippen LogP contribution in [0.15, 0.2) is 5.29 Å². The van der Waals surface area contributed by atoms with Gasteiger partial charge < -0.3 is 4.74 Å². The van der Waals surface area contributed by atoms with Crippen LogP contribution in [0.2, 0.25) is 0 Å². The number of nitrogens with zero attached hydrogens (tertiary/aromatic N) is 2. The molecule has 2 saturated heterocycles. The standard InChI is InChI=1S/C6H10N2O2/c9-7-8-3-5-1-2-6(4-8)10-5/h5-6H,1-4H2. The zero-order valence-electron chi connectivity index (χ0n) is 5.69. The van der Waals surface area contributed by atoms with Gasteiger partial charge in [0, 0.05) is 0 Å². The number of morpholine rings is 1. The highest BCUT2D eigenvalue weighted by molar-refractivity contribution is 4.82. The summed E-state index contributed by atoms with van der Waals surface area (Å²) in [6, 6.07) is 0. The van der Waals surface area contributed by atoms with Crippen molar-refractivity contribution in [1.29, 1.82) is 0 Å². The van der Waals surface area contributed by atoms with Gasteiger partial charge in [0.05, 0.1) is 30.6 Å². The highest BCUT2D eigenvalue weighted by Gasteiger charge is 2.33. The molecule has 2 fully saturated rings. The average Bonchev–Trinajstić information content (AvgIpc) is 2.30. The fourth-order valence-corrected chi connectivity index (χ4v) is 1.66. The molecule has 2 aliphatic rings.